The second-order valence-electron chi connectivity index (χ2n) is 5.64. The van der Waals surface area contributed by atoms with E-state index < -0.39 is 6.04 Å². The van der Waals surface area contributed by atoms with E-state index in [-0.39, 0.29) is 24.3 Å². The van der Waals surface area contributed by atoms with Crippen molar-refractivity contribution in [2.24, 2.45) is 5.92 Å². The van der Waals surface area contributed by atoms with Crippen LogP contribution in [0.25, 0.3) is 0 Å². The van der Waals surface area contributed by atoms with Gasteiger partial charge in [-0.2, -0.15) is 0 Å². The molecular formula is C16H21N3O3S. The van der Waals surface area contributed by atoms with Crippen molar-refractivity contribution in [3.8, 4) is 0 Å². The quantitative estimate of drug-likeness (QED) is 0.849. The molecule has 6 nitrogen and oxygen atoms in total. The highest BCUT2D eigenvalue weighted by Crippen LogP contribution is 2.11. The van der Waals surface area contributed by atoms with Crippen LogP contribution in [0.4, 0.5) is 0 Å². The first kappa shape index (κ1) is 17.2. The summed E-state index contributed by atoms with van der Waals surface area (Å²) in [5, 5.41) is 7.37. The molecule has 2 amide bonds. The number of hydrogen-bond acceptors (Lipinski definition) is 5. The third-order valence-corrected chi connectivity index (χ3v) is 4.34. The molecular weight excluding hydrogens is 314 g/mol. The zero-order valence-electron chi connectivity index (χ0n) is 13.7. The predicted molar refractivity (Wildman–Crippen MR) is 88.2 cm³/mol. The smallest absolute Gasteiger partial charge is 0.262 e. The molecule has 0 aliphatic rings. The summed E-state index contributed by atoms with van der Waals surface area (Å²) in [6, 6.07) is 2.92. The van der Waals surface area contributed by atoms with Gasteiger partial charge in [0.1, 0.15) is 11.8 Å². The Hall–Kier alpha value is -2.15. The van der Waals surface area contributed by atoms with Gasteiger partial charge in [-0.05, 0) is 31.2 Å². The number of aromatic nitrogens is 1. The molecule has 2 heterocycles. The lowest BCUT2D eigenvalue weighted by molar-refractivity contribution is -0.124. The SMILES string of the molecule is Cc1nc(CNC(=O)C(NC(=O)c2cccs2)C(C)C)oc1C. The Bertz CT molecular complexity index is 657. The summed E-state index contributed by atoms with van der Waals surface area (Å²) in [4.78, 5) is 29.3. The van der Waals surface area contributed by atoms with Crippen molar-refractivity contribution < 1.29 is 14.0 Å². The van der Waals surface area contributed by atoms with Gasteiger partial charge in [-0.1, -0.05) is 19.9 Å². The number of nitrogens with zero attached hydrogens (tertiary/aromatic N) is 1. The van der Waals surface area contributed by atoms with Gasteiger partial charge in [0.25, 0.3) is 5.91 Å². The zero-order chi connectivity index (χ0) is 17.0. The molecule has 0 saturated heterocycles. The van der Waals surface area contributed by atoms with Crippen molar-refractivity contribution in [1.82, 2.24) is 15.6 Å². The number of hydrogen-bond donors (Lipinski definition) is 2. The second kappa shape index (κ2) is 7.41. The van der Waals surface area contributed by atoms with E-state index in [0.29, 0.717) is 10.8 Å². The Labute approximate surface area is 139 Å². The van der Waals surface area contributed by atoms with Crippen molar-refractivity contribution >= 4 is 23.2 Å². The van der Waals surface area contributed by atoms with Gasteiger partial charge in [0.2, 0.25) is 11.8 Å². The number of thiophene rings is 1. The molecule has 1 unspecified atom stereocenters. The number of nitrogens with one attached hydrogen (secondary N) is 2. The first-order chi connectivity index (χ1) is 10.9. The summed E-state index contributed by atoms with van der Waals surface area (Å²) < 4.78 is 5.43. The molecule has 2 aromatic rings. The van der Waals surface area contributed by atoms with Crippen LogP contribution in [0.1, 0.15) is 40.9 Å². The maximum Gasteiger partial charge on any atom is 0.262 e. The van der Waals surface area contributed by atoms with Crippen molar-refractivity contribution in [3.05, 3.63) is 39.7 Å². The number of carbonyl (C=O) groups is 2. The van der Waals surface area contributed by atoms with Gasteiger partial charge in [-0.25, -0.2) is 4.98 Å². The Morgan fingerprint density at radius 1 is 1.35 bits per heavy atom. The highest BCUT2D eigenvalue weighted by atomic mass is 32.1. The molecule has 0 saturated carbocycles. The highest BCUT2D eigenvalue weighted by molar-refractivity contribution is 7.12. The van der Waals surface area contributed by atoms with Crippen LogP contribution < -0.4 is 10.6 Å². The van der Waals surface area contributed by atoms with Crippen LogP contribution >= 0.6 is 11.3 Å². The fourth-order valence-corrected chi connectivity index (χ4v) is 2.67. The van der Waals surface area contributed by atoms with Gasteiger partial charge in [0.05, 0.1) is 17.1 Å². The fourth-order valence-electron chi connectivity index (χ4n) is 2.04. The molecule has 0 spiro atoms. The highest BCUT2D eigenvalue weighted by Gasteiger charge is 2.25. The Morgan fingerprint density at radius 2 is 2.09 bits per heavy atom. The van der Waals surface area contributed by atoms with E-state index in [2.05, 4.69) is 15.6 Å². The van der Waals surface area contributed by atoms with Crippen molar-refractivity contribution in [3.63, 3.8) is 0 Å². The summed E-state index contributed by atoms with van der Waals surface area (Å²) in [7, 11) is 0. The van der Waals surface area contributed by atoms with Crippen molar-refractivity contribution in [1.29, 1.82) is 0 Å². The lowest BCUT2D eigenvalue weighted by Crippen LogP contribution is -2.49. The lowest BCUT2D eigenvalue weighted by Gasteiger charge is -2.21. The molecule has 0 radical (unpaired) electrons. The molecule has 0 fully saturated rings. The van der Waals surface area contributed by atoms with Crippen molar-refractivity contribution in [2.45, 2.75) is 40.3 Å². The van der Waals surface area contributed by atoms with E-state index in [1.807, 2.05) is 33.1 Å². The van der Waals surface area contributed by atoms with E-state index in [0.717, 1.165) is 11.5 Å². The standard InChI is InChI=1S/C16H21N3O3S/c1-9(2)14(19-15(20)12-6-5-7-23-12)16(21)17-8-13-18-10(3)11(4)22-13/h5-7,9,14H,8H2,1-4H3,(H,17,21)(H,19,20). The topological polar surface area (TPSA) is 84.2 Å². The summed E-state index contributed by atoms with van der Waals surface area (Å²) in [5.74, 6) is 0.670. The van der Waals surface area contributed by atoms with Gasteiger partial charge in [0.15, 0.2) is 0 Å². The molecule has 2 rings (SSSR count). The average molecular weight is 335 g/mol. The molecule has 124 valence electrons. The van der Waals surface area contributed by atoms with Gasteiger partial charge in [-0.15, -0.1) is 11.3 Å². The van der Waals surface area contributed by atoms with Gasteiger partial charge < -0.3 is 15.1 Å². The molecule has 7 heteroatoms. The lowest BCUT2D eigenvalue weighted by atomic mass is 10.0. The Balaban J connectivity index is 1.96. The van der Waals surface area contributed by atoms with Crippen LogP contribution in [0.5, 0.6) is 0 Å². The summed E-state index contributed by atoms with van der Waals surface area (Å²) in [6.07, 6.45) is 0. The van der Waals surface area contributed by atoms with Crippen molar-refractivity contribution in [2.75, 3.05) is 0 Å². The van der Waals surface area contributed by atoms with Gasteiger partial charge in [0, 0.05) is 0 Å². The summed E-state index contributed by atoms with van der Waals surface area (Å²) in [5.41, 5.74) is 0.806. The average Bonchev–Trinajstić information content (AvgIpc) is 3.12. The molecule has 1 atom stereocenters. The molecule has 0 bridgehead atoms. The number of carbonyl (C=O) groups excluding carboxylic acids is 2. The number of aryl methyl sites for hydroxylation is 2. The Kier molecular flexibility index (Phi) is 5.54. The largest absolute Gasteiger partial charge is 0.444 e. The van der Waals surface area contributed by atoms with Crippen LogP contribution in [-0.4, -0.2) is 22.8 Å². The molecule has 2 aromatic heterocycles. The maximum atomic E-state index is 12.4. The normalized spacial score (nSPS) is 12.2. The van der Waals surface area contributed by atoms with Gasteiger partial charge in [-0.3, -0.25) is 9.59 Å². The van der Waals surface area contributed by atoms with E-state index in [1.54, 1.807) is 12.1 Å². The summed E-state index contributed by atoms with van der Waals surface area (Å²) in [6.45, 7) is 7.65. The van der Waals surface area contributed by atoms with Crippen LogP contribution in [0.2, 0.25) is 0 Å². The third-order valence-electron chi connectivity index (χ3n) is 3.47. The minimum absolute atomic E-state index is 0.0352. The third kappa shape index (κ3) is 4.41. The van der Waals surface area contributed by atoms with E-state index in [1.165, 1.54) is 11.3 Å². The van der Waals surface area contributed by atoms with Crippen LogP contribution in [-0.2, 0) is 11.3 Å². The maximum absolute atomic E-state index is 12.4. The van der Waals surface area contributed by atoms with Gasteiger partial charge >= 0.3 is 0 Å². The second-order valence-corrected chi connectivity index (χ2v) is 6.59. The monoisotopic (exact) mass is 335 g/mol. The number of rotatable bonds is 6. The number of amides is 2. The van der Waals surface area contributed by atoms with E-state index in [9.17, 15) is 9.59 Å². The van der Waals surface area contributed by atoms with Crippen LogP contribution in [0.15, 0.2) is 21.9 Å². The number of oxazole rings is 1. The van der Waals surface area contributed by atoms with Crippen LogP contribution in [0.3, 0.4) is 0 Å². The minimum atomic E-state index is -0.609. The molecule has 2 N–H and O–H groups in total. The Morgan fingerprint density at radius 3 is 2.61 bits per heavy atom. The predicted octanol–water partition coefficient (Wildman–Crippen LogP) is 2.42. The molecule has 23 heavy (non-hydrogen) atoms. The zero-order valence-corrected chi connectivity index (χ0v) is 14.5. The van der Waals surface area contributed by atoms with E-state index in [4.69, 9.17) is 4.42 Å². The fraction of sp³-hybridized carbons (Fsp3) is 0.438. The molecule has 0 aromatic carbocycles. The first-order valence-electron chi connectivity index (χ1n) is 7.43. The molecule has 0 aliphatic carbocycles. The minimum Gasteiger partial charge on any atom is -0.444 e. The summed E-state index contributed by atoms with van der Waals surface area (Å²) >= 11 is 1.34. The molecule has 0 aliphatic heterocycles. The van der Waals surface area contributed by atoms with Crippen LogP contribution in [0, 0.1) is 19.8 Å². The first-order valence-corrected chi connectivity index (χ1v) is 8.31. The van der Waals surface area contributed by atoms with E-state index >= 15 is 0 Å².